The summed E-state index contributed by atoms with van der Waals surface area (Å²) in [6.45, 7) is 4.20. The van der Waals surface area contributed by atoms with Gasteiger partial charge in [0.05, 0.1) is 21.3 Å². The quantitative estimate of drug-likeness (QED) is 0.206. The summed E-state index contributed by atoms with van der Waals surface area (Å²) in [6.07, 6.45) is 3.42. The van der Waals surface area contributed by atoms with Crippen molar-refractivity contribution in [1.82, 2.24) is 9.38 Å². The van der Waals surface area contributed by atoms with E-state index in [-0.39, 0.29) is 5.78 Å². The molecule has 0 spiro atoms. The minimum atomic E-state index is -0.0967. The molecule has 0 atom stereocenters. The van der Waals surface area contributed by atoms with Crippen molar-refractivity contribution in [2.75, 3.05) is 14.2 Å². The van der Waals surface area contributed by atoms with Gasteiger partial charge in [0.25, 0.3) is 0 Å². The first-order chi connectivity index (χ1) is 16.9. The highest BCUT2D eigenvalue weighted by molar-refractivity contribution is 6.10. The van der Waals surface area contributed by atoms with Crippen LogP contribution in [-0.4, -0.2) is 29.4 Å². The van der Waals surface area contributed by atoms with Crippen LogP contribution in [0, 0.1) is 13.8 Å². The van der Waals surface area contributed by atoms with E-state index in [0.29, 0.717) is 17.2 Å². The van der Waals surface area contributed by atoms with Crippen LogP contribution < -0.4 is 14.0 Å². The van der Waals surface area contributed by atoms with Crippen LogP contribution in [0.3, 0.4) is 0 Å². The van der Waals surface area contributed by atoms with E-state index in [1.54, 1.807) is 26.4 Å². The van der Waals surface area contributed by atoms with Crippen LogP contribution in [0.5, 0.6) is 11.5 Å². The second-order valence-electron chi connectivity index (χ2n) is 8.67. The Morgan fingerprint density at radius 1 is 0.943 bits per heavy atom. The largest absolute Gasteiger partial charge is 0.493 e. The van der Waals surface area contributed by atoms with Crippen LogP contribution in [0.25, 0.3) is 34.1 Å². The summed E-state index contributed by atoms with van der Waals surface area (Å²) in [5.74, 6) is 2.02. The Morgan fingerprint density at radius 2 is 1.66 bits per heavy atom. The molecule has 5 aromatic rings. The second-order valence-corrected chi connectivity index (χ2v) is 8.67. The lowest BCUT2D eigenvalue weighted by Gasteiger charge is -2.07. The number of carbonyl (C=O) groups excluding carboxylic acids is 1. The fraction of sp³-hybridized carbons (Fsp3) is 0.172. The van der Waals surface area contributed by atoms with Crippen LogP contribution in [0.15, 0.2) is 66.7 Å². The number of H-pyrrole nitrogens is 1. The van der Waals surface area contributed by atoms with Crippen molar-refractivity contribution in [3.63, 3.8) is 0 Å². The number of aryl methyl sites for hydroxylation is 3. The lowest BCUT2D eigenvalue weighted by molar-refractivity contribution is -0.620. The molecule has 0 unspecified atom stereocenters. The van der Waals surface area contributed by atoms with Gasteiger partial charge >= 0.3 is 5.78 Å². The Labute approximate surface area is 204 Å². The molecule has 0 saturated heterocycles. The highest BCUT2D eigenvalue weighted by atomic mass is 16.5. The summed E-state index contributed by atoms with van der Waals surface area (Å²) in [6, 6.07) is 19.8. The number of carbonyl (C=O) groups is 1. The zero-order valence-corrected chi connectivity index (χ0v) is 20.5. The minimum absolute atomic E-state index is 0.0967. The summed E-state index contributed by atoms with van der Waals surface area (Å²) in [5, 5.41) is 0. The number of aromatic amines is 1. The number of fused-ring (bicyclic) bond motifs is 3. The van der Waals surface area contributed by atoms with Gasteiger partial charge in [0.1, 0.15) is 16.7 Å². The molecule has 0 radical (unpaired) electrons. The van der Waals surface area contributed by atoms with E-state index in [4.69, 9.17) is 9.47 Å². The van der Waals surface area contributed by atoms with Gasteiger partial charge in [0, 0.05) is 5.56 Å². The van der Waals surface area contributed by atoms with E-state index in [0.717, 1.165) is 33.6 Å². The first-order valence-electron chi connectivity index (χ1n) is 11.5. The summed E-state index contributed by atoms with van der Waals surface area (Å²) >= 11 is 0. The maximum Gasteiger partial charge on any atom is 0.368 e. The lowest BCUT2D eigenvalue weighted by Crippen LogP contribution is -2.27. The van der Waals surface area contributed by atoms with Gasteiger partial charge in [0.2, 0.25) is 5.78 Å². The number of nitrogens with one attached hydrogen (secondary N) is 1. The molecule has 0 aliphatic rings. The molecule has 6 nitrogen and oxygen atoms in total. The molecule has 35 heavy (non-hydrogen) atoms. The van der Waals surface area contributed by atoms with Crippen molar-refractivity contribution in [2.24, 2.45) is 7.05 Å². The number of ketones is 1. The third-order valence-electron chi connectivity index (χ3n) is 6.55. The Kier molecular flexibility index (Phi) is 5.65. The highest BCUT2D eigenvalue weighted by Crippen LogP contribution is 2.30. The molecule has 0 fully saturated rings. The fourth-order valence-corrected chi connectivity index (χ4v) is 4.51. The molecule has 6 heteroatoms. The van der Waals surface area contributed by atoms with E-state index >= 15 is 0 Å². The summed E-state index contributed by atoms with van der Waals surface area (Å²) in [4.78, 5) is 17.3. The molecule has 176 valence electrons. The first kappa shape index (κ1) is 22.5. The molecular weight excluding hydrogens is 438 g/mol. The molecule has 0 saturated carbocycles. The molecule has 0 amide bonds. The van der Waals surface area contributed by atoms with E-state index in [9.17, 15) is 4.79 Å². The summed E-state index contributed by atoms with van der Waals surface area (Å²) in [7, 11) is 5.22. The number of ether oxygens (including phenoxy) is 2. The number of hydrogen-bond acceptors (Lipinski definition) is 3. The average molecular weight is 467 g/mol. The highest BCUT2D eigenvalue weighted by Gasteiger charge is 2.29. The maximum atomic E-state index is 13.8. The SMILES string of the molecule is COc1ccc(C=CC(=O)c2c(-c3ccccc3)[nH]c3n2c2cc(C)c(C)cc2[n+]3C)cc1OC. The van der Waals surface area contributed by atoms with Crippen molar-refractivity contribution >= 4 is 28.7 Å². The molecule has 5 rings (SSSR count). The topological polar surface area (TPSA) is 59.6 Å². The third-order valence-corrected chi connectivity index (χ3v) is 6.55. The predicted octanol–water partition coefficient (Wildman–Crippen LogP) is 5.44. The van der Waals surface area contributed by atoms with E-state index in [1.165, 1.54) is 11.1 Å². The predicted molar refractivity (Wildman–Crippen MR) is 138 cm³/mol. The monoisotopic (exact) mass is 466 g/mol. The number of rotatable bonds is 6. The van der Waals surface area contributed by atoms with Crippen molar-refractivity contribution in [2.45, 2.75) is 13.8 Å². The zero-order chi connectivity index (χ0) is 24.7. The van der Waals surface area contributed by atoms with Gasteiger partial charge in [-0.3, -0.25) is 4.79 Å². The third kappa shape index (κ3) is 3.77. The summed E-state index contributed by atoms with van der Waals surface area (Å²) < 4.78 is 14.9. The standard InChI is InChI=1S/C29H27N3O3/c1-18-15-22-23(16-19(18)2)32-28(27(30-29(32)31(22)3)21-9-7-6-8-10-21)24(33)13-11-20-12-14-25(34-4)26(17-20)35-5/h6-17H,1-5H3/p+1. The Bertz CT molecular complexity index is 1610. The molecule has 0 aliphatic heterocycles. The van der Waals surface area contributed by atoms with E-state index in [2.05, 4.69) is 35.5 Å². The smallest absolute Gasteiger partial charge is 0.368 e. The van der Waals surface area contributed by atoms with Crippen molar-refractivity contribution < 1.29 is 18.8 Å². The molecule has 0 bridgehead atoms. The van der Waals surface area contributed by atoms with Gasteiger partial charge in [-0.25, -0.2) is 9.55 Å². The van der Waals surface area contributed by atoms with Crippen LogP contribution in [0.1, 0.15) is 27.2 Å². The number of hydrogen-bond donors (Lipinski definition) is 1. The number of imidazole rings is 2. The van der Waals surface area contributed by atoms with Crippen LogP contribution in [-0.2, 0) is 7.05 Å². The van der Waals surface area contributed by atoms with Crippen molar-refractivity contribution in [3.05, 3.63) is 89.1 Å². The number of allylic oxidation sites excluding steroid dienone is 1. The van der Waals surface area contributed by atoms with Crippen molar-refractivity contribution in [1.29, 1.82) is 0 Å². The molecule has 0 aliphatic carbocycles. The molecule has 2 heterocycles. The van der Waals surface area contributed by atoms with Crippen LogP contribution in [0.4, 0.5) is 0 Å². The van der Waals surface area contributed by atoms with Gasteiger partial charge in [-0.2, -0.15) is 4.40 Å². The summed E-state index contributed by atoms with van der Waals surface area (Å²) in [5.41, 5.74) is 7.64. The molecular formula is C29H28N3O3+. The maximum absolute atomic E-state index is 13.8. The van der Waals surface area contributed by atoms with Gasteiger partial charge in [-0.15, -0.1) is 0 Å². The number of nitrogens with zero attached hydrogens (tertiary/aromatic N) is 2. The van der Waals surface area contributed by atoms with Gasteiger partial charge in [0.15, 0.2) is 17.2 Å². The van der Waals surface area contributed by atoms with Crippen molar-refractivity contribution in [3.8, 4) is 22.8 Å². The Balaban J connectivity index is 1.70. The van der Waals surface area contributed by atoms with E-state index < -0.39 is 0 Å². The molecule has 1 N–H and O–H groups in total. The minimum Gasteiger partial charge on any atom is -0.493 e. The number of methoxy groups -OCH3 is 2. The normalized spacial score (nSPS) is 11.6. The first-order valence-corrected chi connectivity index (χ1v) is 11.5. The number of benzene rings is 3. The second kappa shape index (κ2) is 8.80. The Morgan fingerprint density at radius 3 is 2.37 bits per heavy atom. The Hall–Kier alpha value is -4.32. The average Bonchev–Trinajstić information content (AvgIpc) is 3.39. The zero-order valence-electron chi connectivity index (χ0n) is 20.5. The van der Waals surface area contributed by atoms with E-state index in [1.807, 2.05) is 60.0 Å². The lowest BCUT2D eigenvalue weighted by atomic mass is 10.1. The molecule has 2 aromatic heterocycles. The fourth-order valence-electron chi connectivity index (χ4n) is 4.51. The van der Waals surface area contributed by atoms with Gasteiger partial charge in [-0.1, -0.05) is 42.5 Å². The van der Waals surface area contributed by atoms with Gasteiger partial charge < -0.3 is 9.47 Å². The van der Waals surface area contributed by atoms with Crippen LogP contribution in [0.2, 0.25) is 0 Å². The molecule has 3 aromatic carbocycles. The van der Waals surface area contributed by atoms with Gasteiger partial charge in [-0.05, 0) is 60.9 Å². The van der Waals surface area contributed by atoms with Crippen LogP contribution >= 0.6 is 0 Å². The number of aromatic nitrogens is 3.